The third-order valence-corrected chi connectivity index (χ3v) is 6.59. The molecule has 168 valence electrons. The van der Waals surface area contributed by atoms with Gasteiger partial charge >= 0.3 is 0 Å². The molecule has 3 heteroatoms. The molecule has 3 aromatic carbocycles. The second-order valence-electron chi connectivity index (χ2n) is 9.34. The average molecular weight is 429 g/mol. The lowest BCUT2D eigenvalue weighted by molar-refractivity contribution is 0.170. The van der Waals surface area contributed by atoms with Crippen LogP contribution in [0.2, 0.25) is 0 Å². The molecule has 3 nitrogen and oxygen atoms in total. The zero-order valence-electron chi connectivity index (χ0n) is 19.2. The zero-order chi connectivity index (χ0) is 22.2. The number of hydrogen-bond acceptors (Lipinski definition) is 3. The van der Waals surface area contributed by atoms with E-state index >= 15 is 0 Å². The Kier molecular flexibility index (Phi) is 7.97. The predicted molar refractivity (Wildman–Crippen MR) is 133 cm³/mol. The van der Waals surface area contributed by atoms with Gasteiger partial charge in [-0.2, -0.15) is 0 Å². The predicted octanol–water partition coefficient (Wildman–Crippen LogP) is 6.55. The number of rotatable bonds is 9. The molecule has 0 radical (unpaired) electrons. The lowest BCUT2D eigenvalue weighted by Crippen LogP contribution is -2.32. The summed E-state index contributed by atoms with van der Waals surface area (Å²) in [5.41, 5.74) is 9.92. The maximum Gasteiger partial charge on any atom is 0.127 e. The first-order chi connectivity index (χ1) is 15.7. The van der Waals surface area contributed by atoms with Gasteiger partial charge in [-0.3, -0.25) is 4.90 Å². The summed E-state index contributed by atoms with van der Waals surface area (Å²) >= 11 is 0. The van der Waals surface area contributed by atoms with Gasteiger partial charge in [0.1, 0.15) is 11.5 Å². The minimum atomic E-state index is 0.725. The summed E-state index contributed by atoms with van der Waals surface area (Å²) in [6.45, 7) is 6.05. The van der Waals surface area contributed by atoms with E-state index in [0.717, 1.165) is 49.5 Å². The van der Waals surface area contributed by atoms with Gasteiger partial charge in [-0.25, -0.2) is 0 Å². The standard InChI is InChI=1S/C29H36N2O/c1-23-7-5-8-26(17-23)21-31(20-25-15-13-24(19-30)14-16-25)22-27-9-6-12-29(18-27)32-28-10-3-2-4-11-28/h2-12,17-18,24-25H,13-16,19-22,30H2,1H3. The Morgan fingerprint density at radius 1 is 0.750 bits per heavy atom. The van der Waals surface area contributed by atoms with E-state index in [9.17, 15) is 0 Å². The summed E-state index contributed by atoms with van der Waals surface area (Å²) in [6, 6.07) is 27.4. The van der Waals surface area contributed by atoms with Crippen molar-refractivity contribution >= 4 is 0 Å². The van der Waals surface area contributed by atoms with Crippen molar-refractivity contribution in [3.63, 3.8) is 0 Å². The van der Waals surface area contributed by atoms with E-state index in [1.54, 1.807) is 0 Å². The molecule has 1 saturated carbocycles. The Hall–Kier alpha value is -2.62. The van der Waals surface area contributed by atoms with Crippen molar-refractivity contribution in [3.05, 3.63) is 95.6 Å². The van der Waals surface area contributed by atoms with Crippen LogP contribution in [0.1, 0.15) is 42.4 Å². The van der Waals surface area contributed by atoms with Crippen molar-refractivity contribution in [2.24, 2.45) is 17.6 Å². The smallest absolute Gasteiger partial charge is 0.127 e. The highest BCUT2D eigenvalue weighted by molar-refractivity contribution is 5.34. The molecule has 2 N–H and O–H groups in total. The largest absolute Gasteiger partial charge is 0.457 e. The molecule has 0 unspecified atom stereocenters. The SMILES string of the molecule is Cc1cccc(CN(Cc2cccc(Oc3ccccc3)c2)CC2CCC(CN)CC2)c1. The van der Waals surface area contributed by atoms with Gasteiger partial charge in [-0.15, -0.1) is 0 Å². The average Bonchev–Trinajstić information content (AvgIpc) is 2.80. The van der Waals surface area contributed by atoms with Crippen LogP contribution in [-0.4, -0.2) is 18.0 Å². The summed E-state index contributed by atoms with van der Waals surface area (Å²) in [5, 5.41) is 0. The normalized spacial score (nSPS) is 18.6. The quantitative estimate of drug-likeness (QED) is 0.420. The Labute approximate surface area is 193 Å². The van der Waals surface area contributed by atoms with Crippen molar-refractivity contribution < 1.29 is 4.74 Å². The number of para-hydroxylation sites is 1. The Balaban J connectivity index is 1.46. The molecule has 1 aliphatic carbocycles. The van der Waals surface area contributed by atoms with Crippen molar-refractivity contribution in [1.82, 2.24) is 4.90 Å². The van der Waals surface area contributed by atoms with Crippen molar-refractivity contribution in [2.45, 2.75) is 45.7 Å². The number of aryl methyl sites for hydroxylation is 1. The Morgan fingerprint density at radius 2 is 1.38 bits per heavy atom. The van der Waals surface area contributed by atoms with Crippen LogP contribution in [0.3, 0.4) is 0 Å². The maximum atomic E-state index is 6.08. The van der Waals surface area contributed by atoms with E-state index in [2.05, 4.69) is 54.3 Å². The van der Waals surface area contributed by atoms with E-state index in [1.807, 2.05) is 36.4 Å². The first-order valence-corrected chi connectivity index (χ1v) is 12.0. The fourth-order valence-corrected chi connectivity index (χ4v) is 4.86. The van der Waals surface area contributed by atoms with Crippen LogP contribution in [0, 0.1) is 18.8 Å². The first-order valence-electron chi connectivity index (χ1n) is 12.0. The molecule has 4 rings (SSSR count). The summed E-state index contributed by atoms with van der Waals surface area (Å²) in [7, 11) is 0. The second-order valence-corrected chi connectivity index (χ2v) is 9.34. The summed E-state index contributed by atoms with van der Waals surface area (Å²) in [4.78, 5) is 2.61. The zero-order valence-corrected chi connectivity index (χ0v) is 19.2. The molecule has 0 heterocycles. The fraction of sp³-hybridized carbons (Fsp3) is 0.379. The number of benzene rings is 3. The van der Waals surface area contributed by atoms with Crippen LogP contribution >= 0.6 is 0 Å². The van der Waals surface area contributed by atoms with Crippen molar-refractivity contribution in [3.8, 4) is 11.5 Å². The molecule has 3 aromatic rings. The van der Waals surface area contributed by atoms with Gasteiger partial charge in [0.05, 0.1) is 0 Å². The lowest BCUT2D eigenvalue weighted by Gasteiger charge is -2.32. The maximum absolute atomic E-state index is 6.08. The summed E-state index contributed by atoms with van der Waals surface area (Å²) < 4.78 is 6.08. The van der Waals surface area contributed by atoms with Crippen LogP contribution in [0.5, 0.6) is 11.5 Å². The molecule has 0 bridgehead atoms. The molecule has 1 fully saturated rings. The summed E-state index contributed by atoms with van der Waals surface area (Å²) in [5.74, 6) is 3.25. The molecular weight excluding hydrogens is 392 g/mol. The lowest BCUT2D eigenvalue weighted by atomic mass is 9.82. The molecule has 1 aliphatic rings. The van der Waals surface area contributed by atoms with Crippen molar-refractivity contribution in [1.29, 1.82) is 0 Å². The second kappa shape index (κ2) is 11.3. The molecule has 32 heavy (non-hydrogen) atoms. The highest BCUT2D eigenvalue weighted by atomic mass is 16.5. The van der Waals surface area contributed by atoms with E-state index in [-0.39, 0.29) is 0 Å². The Morgan fingerprint density at radius 3 is 2.06 bits per heavy atom. The minimum absolute atomic E-state index is 0.725. The monoisotopic (exact) mass is 428 g/mol. The highest BCUT2D eigenvalue weighted by Crippen LogP contribution is 2.30. The first kappa shape index (κ1) is 22.6. The minimum Gasteiger partial charge on any atom is -0.457 e. The molecule has 0 saturated heterocycles. The van der Waals surface area contributed by atoms with Gasteiger partial charge in [0.15, 0.2) is 0 Å². The molecular formula is C29H36N2O. The summed E-state index contributed by atoms with van der Waals surface area (Å²) in [6.07, 6.45) is 5.15. The Bertz CT molecular complexity index is 964. The van der Waals surface area contributed by atoms with Crippen molar-refractivity contribution in [2.75, 3.05) is 13.1 Å². The van der Waals surface area contributed by atoms with E-state index in [0.29, 0.717) is 0 Å². The van der Waals surface area contributed by atoms with Crippen LogP contribution in [0.25, 0.3) is 0 Å². The van der Waals surface area contributed by atoms with E-state index in [1.165, 1.54) is 42.4 Å². The van der Waals surface area contributed by atoms with E-state index in [4.69, 9.17) is 10.5 Å². The van der Waals surface area contributed by atoms with Gasteiger partial charge in [0.25, 0.3) is 0 Å². The molecule has 0 aliphatic heterocycles. The van der Waals surface area contributed by atoms with Crippen LogP contribution in [0.15, 0.2) is 78.9 Å². The number of ether oxygens (including phenoxy) is 1. The van der Waals surface area contributed by atoms with Gasteiger partial charge in [-0.1, -0.05) is 60.2 Å². The van der Waals surface area contributed by atoms with Crippen LogP contribution in [0.4, 0.5) is 0 Å². The highest BCUT2D eigenvalue weighted by Gasteiger charge is 2.22. The third kappa shape index (κ3) is 6.69. The van der Waals surface area contributed by atoms with Gasteiger partial charge in [0.2, 0.25) is 0 Å². The van der Waals surface area contributed by atoms with Gasteiger partial charge in [0, 0.05) is 19.6 Å². The molecule has 0 amide bonds. The molecule has 0 atom stereocenters. The molecule has 0 aromatic heterocycles. The number of nitrogens with two attached hydrogens (primary N) is 1. The van der Waals surface area contributed by atoms with Gasteiger partial charge < -0.3 is 10.5 Å². The molecule has 0 spiro atoms. The number of nitrogens with zero attached hydrogens (tertiary/aromatic N) is 1. The van der Waals surface area contributed by atoms with E-state index < -0.39 is 0 Å². The van der Waals surface area contributed by atoms with Crippen LogP contribution in [-0.2, 0) is 13.1 Å². The third-order valence-electron chi connectivity index (χ3n) is 6.59. The number of hydrogen-bond donors (Lipinski definition) is 1. The van der Waals surface area contributed by atoms with Crippen LogP contribution < -0.4 is 10.5 Å². The van der Waals surface area contributed by atoms with Gasteiger partial charge in [-0.05, 0) is 86.4 Å². The topological polar surface area (TPSA) is 38.5 Å². The fourth-order valence-electron chi connectivity index (χ4n) is 4.86.